The maximum Gasteiger partial charge on any atom is 0.345 e. The summed E-state index contributed by atoms with van der Waals surface area (Å²) in [6, 6.07) is 29.7. The van der Waals surface area contributed by atoms with E-state index < -0.39 is 12.1 Å². The van der Waals surface area contributed by atoms with Gasteiger partial charge in [-0.2, -0.15) is 0 Å². The van der Waals surface area contributed by atoms with Gasteiger partial charge < -0.3 is 14.2 Å². The van der Waals surface area contributed by atoms with Gasteiger partial charge in [-0.25, -0.2) is 4.79 Å². The standard InChI is InChI=1S/C28H28O4/c1-3-30-21(2)26(27(29)32-24-17-11-6-12-18-24)25-19-28(20-31-25,22-13-7-4-8-14-22)23-15-9-5-10-16-23/h4-18,21H,3,19-20H2,1-2H3/b26-25-. The molecule has 0 radical (unpaired) electrons. The zero-order chi connectivity index (χ0) is 22.4. The molecule has 164 valence electrons. The van der Waals surface area contributed by atoms with E-state index in [1.165, 1.54) is 0 Å². The normalized spacial score (nSPS) is 17.3. The summed E-state index contributed by atoms with van der Waals surface area (Å²) in [5.41, 5.74) is 2.36. The summed E-state index contributed by atoms with van der Waals surface area (Å²) in [6.07, 6.45) is 0.103. The fourth-order valence-electron chi connectivity index (χ4n) is 4.30. The number of hydrogen-bond acceptors (Lipinski definition) is 4. The highest BCUT2D eigenvalue weighted by molar-refractivity contribution is 5.92. The van der Waals surface area contributed by atoms with E-state index in [4.69, 9.17) is 14.2 Å². The van der Waals surface area contributed by atoms with Crippen LogP contribution in [0, 0.1) is 0 Å². The Balaban J connectivity index is 1.76. The van der Waals surface area contributed by atoms with E-state index in [9.17, 15) is 4.79 Å². The Morgan fingerprint density at radius 2 is 1.44 bits per heavy atom. The molecular formula is C28H28O4. The first-order chi connectivity index (χ1) is 15.6. The highest BCUT2D eigenvalue weighted by Gasteiger charge is 2.44. The Morgan fingerprint density at radius 3 is 1.97 bits per heavy atom. The van der Waals surface area contributed by atoms with Crippen LogP contribution in [0.2, 0.25) is 0 Å². The number of esters is 1. The van der Waals surface area contributed by atoms with E-state index in [-0.39, 0.29) is 5.41 Å². The lowest BCUT2D eigenvalue weighted by molar-refractivity contribution is -0.131. The van der Waals surface area contributed by atoms with Gasteiger partial charge >= 0.3 is 5.97 Å². The average molecular weight is 429 g/mol. The number of carbonyl (C=O) groups excluding carboxylic acids is 1. The van der Waals surface area contributed by atoms with Gasteiger partial charge in [-0.05, 0) is 37.1 Å². The summed E-state index contributed by atoms with van der Waals surface area (Å²) in [7, 11) is 0. The second-order valence-electron chi connectivity index (χ2n) is 7.92. The third-order valence-corrected chi connectivity index (χ3v) is 5.91. The summed E-state index contributed by atoms with van der Waals surface area (Å²) in [6.45, 7) is 4.71. The summed E-state index contributed by atoms with van der Waals surface area (Å²) in [4.78, 5) is 13.3. The molecule has 3 aromatic carbocycles. The van der Waals surface area contributed by atoms with Gasteiger partial charge in [-0.3, -0.25) is 0 Å². The topological polar surface area (TPSA) is 44.8 Å². The van der Waals surface area contributed by atoms with Crippen molar-refractivity contribution in [3.63, 3.8) is 0 Å². The highest BCUT2D eigenvalue weighted by Crippen LogP contribution is 2.45. The van der Waals surface area contributed by atoms with Crippen molar-refractivity contribution in [2.24, 2.45) is 0 Å². The van der Waals surface area contributed by atoms with Gasteiger partial charge in [0.1, 0.15) is 23.7 Å². The lowest BCUT2D eigenvalue weighted by Gasteiger charge is -2.28. The van der Waals surface area contributed by atoms with Crippen LogP contribution in [0.15, 0.2) is 102 Å². The first-order valence-corrected chi connectivity index (χ1v) is 11.0. The number of allylic oxidation sites excluding steroid dienone is 1. The summed E-state index contributed by atoms with van der Waals surface area (Å²) in [5, 5.41) is 0. The monoisotopic (exact) mass is 428 g/mol. The van der Waals surface area contributed by atoms with Crippen LogP contribution in [0.3, 0.4) is 0 Å². The van der Waals surface area contributed by atoms with Gasteiger partial charge in [0.2, 0.25) is 0 Å². The molecule has 1 aliphatic heterocycles. The molecule has 0 amide bonds. The third kappa shape index (κ3) is 4.46. The SMILES string of the molecule is CCOC(C)/C(C(=O)Oc1ccccc1)=C1\CC(c2ccccc2)(c2ccccc2)CO1. The zero-order valence-corrected chi connectivity index (χ0v) is 18.5. The van der Waals surface area contributed by atoms with Gasteiger partial charge in [0.15, 0.2) is 0 Å². The van der Waals surface area contributed by atoms with E-state index in [0.717, 1.165) is 11.1 Å². The van der Waals surface area contributed by atoms with E-state index in [1.54, 1.807) is 12.1 Å². The Morgan fingerprint density at radius 1 is 0.906 bits per heavy atom. The molecule has 0 aromatic heterocycles. The number of ether oxygens (including phenoxy) is 3. The first-order valence-electron chi connectivity index (χ1n) is 11.0. The fraction of sp³-hybridized carbons (Fsp3) is 0.250. The quantitative estimate of drug-likeness (QED) is 0.276. The molecule has 1 fully saturated rings. The van der Waals surface area contributed by atoms with Crippen molar-refractivity contribution < 1.29 is 19.0 Å². The predicted molar refractivity (Wildman–Crippen MR) is 124 cm³/mol. The lowest BCUT2D eigenvalue weighted by atomic mass is 9.73. The lowest BCUT2D eigenvalue weighted by Crippen LogP contribution is -2.28. The molecule has 3 aromatic rings. The van der Waals surface area contributed by atoms with Crippen LogP contribution < -0.4 is 4.74 Å². The third-order valence-electron chi connectivity index (χ3n) is 5.91. The van der Waals surface area contributed by atoms with E-state index >= 15 is 0 Å². The molecular weight excluding hydrogens is 400 g/mol. The van der Waals surface area contributed by atoms with Gasteiger partial charge in [0.25, 0.3) is 0 Å². The van der Waals surface area contributed by atoms with Crippen molar-refractivity contribution in [2.45, 2.75) is 31.8 Å². The molecule has 1 saturated heterocycles. The van der Waals surface area contributed by atoms with Crippen LogP contribution in [-0.2, 0) is 19.7 Å². The molecule has 0 spiro atoms. The second-order valence-corrected chi connectivity index (χ2v) is 7.92. The van der Waals surface area contributed by atoms with E-state index in [2.05, 4.69) is 24.3 Å². The fourth-order valence-corrected chi connectivity index (χ4v) is 4.30. The van der Waals surface area contributed by atoms with Crippen molar-refractivity contribution in [1.29, 1.82) is 0 Å². The van der Waals surface area contributed by atoms with Gasteiger partial charge in [-0.15, -0.1) is 0 Å². The predicted octanol–water partition coefficient (Wildman–Crippen LogP) is 5.68. The van der Waals surface area contributed by atoms with Crippen LogP contribution in [0.4, 0.5) is 0 Å². The Kier molecular flexibility index (Phi) is 6.72. The van der Waals surface area contributed by atoms with E-state index in [1.807, 2.05) is 68.4 Å². The number of rotatable bonds is 7. The molecule has 1 atom stereocenters. The molecule has 4 nitrogen and oxygen atoms in total. The number of benzene rings is 3. The first kappa shape index (κ1) is 21.8. The molecule has 1 heterocycles. The van der Waals surface area contributed by atoms with Crippen LogP contribution in [0.1, 0.15) is 31.4 Å². The molecule has 4 rings (SSSR count). The Hall–Kier alpha value is -3.37. The number of hydrogen-bond donors (Lipinski definition) is 0. The summed E-state index contributed by atoms with van der Waals surface area (Å²) in [5.74, 6) is 0.679. The van der Waals surface area contributed by atoms with Crippen LogP contribution in [0.5, 0.6) is 5.75 Å². The maximum absolute atomic E-state index is 13.3. The molecule has 1 aliphatic rings. The van der Waals surface area contributed by atoms with Crippen LogP contribution in [0.25, 0.3) is 0 Å². The zero-order valence-electron chi connectivity index (χ0n) is 18.5. The van der Waals surface area contributed by atoms with Crippen molar-refractivity contribution in [1.82, 2.24) is 0 Å². The second kappa shape index (κ2) is 9.84. The smallest absolute Gasteiger partial charge is 0.345 e. The van der Waals surface area contributed by atoms with Gasteiger partial charge in [0, 0.05) is 13.0 Å². The average Bonchev–Trinajstić information content (AvgIpc) is 3.27. The van der Waals surface area contributed by atoms with Crippen molar-refractivity contribution in [3.8, 4) is 5.75 Å². The van der Waals surface area contributed by atoms with Crippen molar-refractivity contribution >= 4 is 5.97 Å². The minimum absolute atomic E-state index is 0.387. The molecule has 0 aliphatic carbocycles. The number of carbonyl (C=O) groups is 1. The number of para-hydroxylation sites is 1. The largest absolute Gasteiger partial charge is 0.496 e. The van der Waals surface area contributed by atoms with Gasteiger partial charge in [-0.1, -0.05) is 78.9 Å². The molecule has 1 unspecified atom stereocenters. The maximum atomic E-state index is 13.3. The van der Waals surface area contributed by atoms with Gasteiger partial charge in [0.05, 0.1) is 11.5 Å². The highest BCUT2D eigenvalue weighted by atomic mass is 16.5. The molecule has 0 bridgehead atoms. The van der Waals surface area contributed by atoms with Crippen molar-refractivity contribution in [3.05, 3.63) is 113 Å². The summed E-state index contributed by atoms with van der Waals surface area (Å²) >= 11 is 0. The molecule has 0 N–H and O–H groups in total. The Bertz CT molecular complexity index is 1020. The minimum Gasteiger partial charge on any atom is -0.496 e. The minimum atomic E-state index is -0.450. The molecule has 32 heavy (non-hydrogen) atoms. The Labute approximate surface area is 189 Å². The molecule has 0 saturated carbocycles. The van der Waals surface area contributed by atoms with Crippen LogP contribution in [-0.4, -0.2) is 25.3 Å². The summed E-state index contributed by atoms with van der Waals surface area (Å²) < 4.78 is 17.8. The molecule has 4 heteroatoms. The van der Waals surface area contributed by atoms with Crippen LogP contribution >= 0.6 is 0 Å². The van der Waals surface area contributed by atoms with Crippen molar-refractivity contribution in [2.75, 3.05) is 13.2 Å². The van der Waals surface area contributed by atoms with E-state index in [0.29, 0.717) is 36.7 Å².